The summed E-state index contributed by atoms with van der Waals surface area (Å²) in [4.78, 5) is 32.4. The Labute approximate surface area is 118 Å². The van der Waals surface area contributed by atoms with E-state index in [0.717, 1.165) is 6.08 Å². The van der Waals surface area contributed by atoms with E-state index < -0.39 is 11.9 Å². The predicted molar refractivity (Wildman–Crippen MR) is 72.0 cm³/mol. The van der Waals surface area contributed by atoms with Crippen LogP contribution in [0.15, 0.2) is 12.7 Å². The first-order valence-electron chi connectivity index (χ1n) is 6.62. The van der Waals surface area contributed by atoms with Crippen LogP contribution in [0.2, 0.25) is 0 Å². The Morgan fingerprint density at radius 1 is 1.20 bits per heavy atom. The van der Waals surface area contributed by atoms with Crippen LogP contribution in [0, 0.1) is 5.92 Å². The molecule has 1 N–H and O–H groups in total. The molecule has 0 aliphatic rings. The summed E-state index contributed by atoms with van der Waals surface area (Å²) >= 11 is 0. The number of carboxylic acids is 1. The minimum absolute atomic E-state index is 0.0678. The second-order valence-corrected chi connectivity index (χ2v) is 4.55. The molecular weight excluding hydrogens is 264 g/mol. The summed E-state index contributed by atoms with van der Waals surface area (Å²) in [5, 5.41) is 8.44. The van der Waals surface area contributed by atoms with Crippen LogP contribution >= 0.6 is 0 Å². The Balaban J connectivity index is 3.55. The van der Waals surface area contributed by atoms with Gasteiger partial charge in [-0.15, -0.1) is 0 Å². The minimum atomic E-state index is -0.860. The number of aliphatic carboxylic acids is 1. The van der Waals surface area contributed by atoms with Crippen molar-refractivity contribution in [1.29, 1.82) is 0 Å². The fourth-order valence-corrected chi connectivity index (χ4v) is 1.36. The first-order chi connectivity index (χ1) is 9.45. The van der Waals surface area contributed by atoms with Crippen molar-refractivity contribution < 1.29 is 29.0 Å². The Morgan fingerprint density at radius 2 is 1.85 bits per heavy atom. The molecule has 6 nitrogen and oxygen atoms in total. The van der Waals surface area contributed by atoms with Crippen LogP contribution < -0.4 is 0 Å². The third-order valence-corrected chi connectivity index (χ3v) is 2.57. The molecule has 114 valence electrons. The Hall–Kier alpha value is -1.85. The van der Waals surface area contributed by atoms with Gasteiger partial charge >= 0.3 is 17.9 Å². The minimum Gasteiger partial charge on any atom is -0.481 e. The molecule has 1 unspecified atom stereocenters. The first-order valence-corrected chi connectivity index (χ1v) is 6.62. The van der Waals surface area contributed by atoms with Crippen molar-refractivity contribution in [2.45, 2.75) is 39.0 Å². The molecule has 0 spiro atoms. The lowest BCUT2D eigenvalue weighted by molar-refractivity contribution is -0.146. The SMILES string of the molecule is C=CC(=O)OCCC(C)COC(=O)CCCCC(=O)O. The lowest BCUT2D eigenvalue weighted by Gasteiger charge is -2.11. The maximum Gasteiger partial charge on any atom is 0.330 e. The number of esters is 2. The highest BCUT2D eigenvalue weighted by Crippen LogP contribution is 2.06. The first kappa shape index (κ1) is 18.1. The molecule has 0 heterocycles. The maximum atomic E-state index is 11.4. The largest absolute Gasteiger partial charge is 0.481 e. The number of unbranched alkanes of at least 4 members (excludes halogenated alkanes) is 1. The van der Waals surface area contributed by atoms with Crippen molar-refractivity contribution >= 4 is 17.9 Å². The highest BCUT2D eigenvalue weighted by atomic mass is 16.5. The van der Waals surface area contributed by atoms with E-state index in [9.17, 15) is 14.4 Å². The van der Waals surface area contributed by atoms with Gasteiger partial charge in [0, 0.05) is 18.9 Å². The number of rotatable bonds is 11. The second kappa shape index (κ2) is 11.0. The van der Waals surface area contributed by atoms with Gasteiger partial charge in [-0.3, -0.25) is 9.59 Å². The standard InChI is InChI=1S/C14H22O6/c1-3-13(17)19-9-8-11(2)10-20-14(18)7-5-4-6-12(15)16/h3,11H,1,4-10H2,2H3,(H,15,16). The van der Waals surface area contributed by atoms with Gasteiger partial charge in [0.15, 0.2) is 0 Å². The molecule has 1 atom stereocenters. The number of carboxylic acid groups (broad SMARTS) is 1. The van der Waals surface area contributed by atoms with E-state index in [1.807, 2.05) is 6.92 Å². The number of hydrogen-bond acceptors (Lipinski definition) is 5. The van der Waals surface area contributed by atoms with Crippen LogP contribution in [0.1, 0.15) is 39.0 Å². The van der Waals surface area contributed by atoms with Crippen LogP contribution in [0.3, 0.4) is 0 Å². The second-order valence-electron chi connectivity index (χ2n) is 4.55. The van der Waals surface area contributed by atoms with E-state index in [1.165, 1.54) is 0 Å². The molecule has 0 aliphatic carbocycles. The van der Waals surface area contributed by atoms with Gasteiger partial charge < -0.3 is 14.6 Å². The summed E-state index contributed by atoms with van der Waals surface area (Å²) in [6.45, 7) is 5.71. The molecule has 0 fully saturated rings. The molecule has 0 aromatic carbocycles. The monoisotopic (exact) mass is 286 g/mol. The molecule has 6 heteroatoms. The van der Waals surface area contributed by atoms with Gasteiger partial charge in [-0.2, -0.15) is 0 Å². The summed E-state index contributed by atoms with van der Waals surface area (Å²) < 4.78 is 9.87. The van der Waals surface area contributed by atoms with Gasteiger partial charge in [-0.05, 0) is 25.2 Å². The van der Waals surface area contributed by atoms with Gasteiger partial charge in [0.05, 0.1) is 13.2 Å². The summed E-state index contributed by atoms with van der Waals surface area (Å²) in [5.74, 6) is -1.56. The summed E-state index contributed by atoms with van der Waals surface area (Å²) in [7, 11) is 0. The zero-order valence-corrected chi connectivity index (χ0v) is 11.8. The topological polar surface area (TPSA) is 89.9 Å². The highest BCUT2D eigenvalue weighted by molar-refractivity contribution is 5.81. The van der Waals surface area contributed by atoms with Crippen LogP contribution in [0.25, 0.3) is 0 Å². The zero-order chi connectivity index (χ0) is 15.4. The van der Waals surface area contributed by atoms with Crippen molar-refractivity contribution in [2.24, 2.45) is 5.92 Å². The van der Waals surface area contributed by atoms with Crippen molar-refractivity contribution in [3.63, 3.8) is 0 Å². The highest BCUT2D eigenvalue weighted by Gasteiger charge is 2.08. The molecule has 0 amide bonds. The van der Waals surface area contributed by atoms with E-state index in [-0.39, 0.29) is 37.9 Å². The third-order valence-electron chi connectivity index (χ3n) is 2.57. The van der Waals surface area contributed by atoms with Crippen LogP contribution in [-0.2, 0) is 23.9 Å². The van der Waals surface area contributed by atoms with Crippen LogP contribution in [0.5, 0.6) is 0 Å². The molecular formula is C14H22O6. The van der Waals surface area contributed by atoms with Crippen molar-refractivity contribution in [3.05, 3.63) is 12.7 Å². The molecule has 0 saturated heterocycles. The van der Waals surface area contributed by atoms with E-state index in [4.69, 9.17) is 14.6 Å². The lowest BCUT2D eigenvalue weighted by Crippen LogP contribution is -2.14. The van der Waals surface area contributed by atoms with Gasteiger partial charge in [0.1, 0.15) is 0 Å². The molecule has 0 radical (unpaired) electrons. The molecule has 0 saturated carbocycles. The fourth-order valence-electron chi connectivity index (χ4n) is 1.36. The molecule has 0 aromatic heterocycles. The quantitative estimate of drug-likeness (QED) is 0.354. The molecule has 0 bridgehead atoms. The van der Waals surface area contributed by atoms with Gasteiger partial charge in [-0.1, -0.05) is 13.5 Å². The van der Waals surface area contributed by atoms with Crippen molar-refractivity contribution in [1.82, 2.24) is 0 Å². The smallest absolute Gasteiger partial charge is 0.330 e. The predicted octanol–water partition coefficient (Wildman–Crippen LogP) is 1.93. The average Bonchev–Trinajstić information content (AvgIpc) is 2.40. The Morgan fingerprint density at radius 3 is 2.45 bits per heavy atom. The molecule has 0 aromatic rings. The number of carbonyl (C=O) groups is 3. The van der Waals surface area contributed by atoms with Gasteiger partial charge in [-0.25, -0.2) is 4.79 Å². The lowest BCUT2D eigenvalue weighted by atomic mass is 10.1. The number of ether oxygens (including phenoxy) is 2. The molecule has 0 aliphatic heterocycles. The van der Waals surface area contributed by atoms with Crippen LogP contribution in [0.4, 0.5) is 0 Å². The van der Waals surface area contributed by atoms with Crippen molar-refractivity contribution in [3.8, 4) is 0 Å². The average molecular weight is 286 g/mol. The van der Waals surface area contributed by atoms with Gasteiger partial charge in [0.25, 0.3) is 0 Å². The van der Waals surface area contributed by atoms with Gasteiger partial charge in [0.2, 0.25) is 0 Å². The maximum absolute atomic E-state index is 11.4. The number of carbonyl (C=O) groups excluding carboxylic acids is 2. The van der Waals surface area contributed by atoms with E-state index in [2.05, 4.69) is 6.58 Å². The van der Waals surface area contributed by atoms with E-state index >= 15 is 0 Å². The Bertz CT molecular complexity index is 337. The van der Waals surface area contributed by atoms with Crippen LogP contribution in [-0.4, -0.2) is 36.2 Å². The zero-order valence-electron chi connectivity index (χ0n) is 11.8. The van der Waals surface area contributed by atoms with E-state index in [1.54, 1.807) is 0 Å². The number of hydrogen-bond donors (Lipinski definition) is 1. The van der Waals surface area contributed by atoms with E-state index in [0.29, 0.717) is 19.3 Å². The fraction of sp³-hybridized carbons (Fsp3) is 0.643. The summed E-state index contributed by atoms with van der Waals surface area (Å²) in [5.41, 5.74) is 0. The Kier molecular flexibility index (Phi) is 10.00. The summed E-state index contributed by atoms with van der Waals surface area (Å²) in [6.07, 6.45) is 2.98. The molecule has 20 heavy (non-hydrogen) atoms. The third kappa shape index (κ3) is 11.3. The molecule has 0 rings (SSSR count). The van der Waals surface area contributed by atoms with Crippen molar-refractivity contribution in [2.75, 3.05) is 13.2 Å². The normalized spacial score (nSPS) is 11.4. The summed E-state index contributed by atoms with van der Waals surface area (Å²) in [6, 6.07) is 0.